The second kappa shape index (κ2) is 5.12. The number of aromatic nitrogens is 3. The Morgan fingerprint density at radius 2 is 2.15 bits per heavy atom. The number of benzene rings is 1. The van der Waals surface area contributed by atoms with Crippen molar-refractivity contribution >= 4 is 34.2 Å². The lowest BCUT2D eigenvalue weighted by atomic mass is 10.2. The van der Waals surface area contributed by atoms with Crippen LogP contribution in [-0.2, 0) is 5.88 Å². The Hall–Kier alpha value is -2.09. The van der Waals surface area contributed by atoms with Crippen molar-refractivity contribution in [2.24, 2.45) is 0 Å². The Bertz CT molecular complexity index is 833. The van der Waals surface area contributed by atoms with Crippen molar-refractivity contribution in [2.45, 2.75) is 5.88 Å². The quantitative estimate of drug-likeness (QED) is 0.678. The van der Waals surface area contributed by atoms with E-state index in [1.54, 1.807) is 30.6 Å². The highest BCUT2D eigenvalue weighted by Gasteiger charge is 2.15. The van der Waals surface area contributed by atoms with Gasteiger partial charge in [-0.25, -0.2) is 4.98 Å². The third kappa shape index (κ3) is 2.01. The number of halogens is 2. The van der Waals surface area contributed by atoms with Crippen LogP contribution in [0.3, 0.4) is 0 Å². The molecule has 0 unspecified atom stereocenters. The number of rotatable bonds is 2. The van der Waals surface area contributed by atoms with Crippen molar-refractivity contribution in [1.29, 1.82) is 5.26 Å². The minimum absolute atomic E-state index is 0.228. The molecule has 2 aromatic heterocycles. The maximum atomic E-state index is 9.27. The second-order valence-electron chi connectivity index (χ2n) is 4.13. The highest BCUT2D eigenvalue weighted by molar-refractivity contribution is 6.30. The molecule has 6 heteroatoms. The van der Waals surface area contributed by atoms with Gasteiger partial charge in [-0.15, -0.1) is 11.6 Å². The van der Waals surface area contributed by atoms with Gasteiger partial charge in [0, 0.05) is 11.2 Å². The van der Waals surface area contributed by atoms with E-state index in [1.807, 2.05) is 10.6 Å². The van der Waals surface area contributed by atoms with E-state index in [2.05, 4.69) is 16.0 Å². The Balaban J connectivity index is 2.40. The summed E-state index contributed by atoms with van der Waals surface area (Å²) in [7, 11) is 0. The van der Waals surface area contributed by atoms with E-state index >= 15 is 0 Å². The van der Waals surface area contributed by atoms with Crippen LogP contribution in [0.4, 0.5) is 0 Å². The van der Waals surface area contributed by atoms with E-state index in [9.17, 15) is 5.26 Å². The number of nitrogens with zero attached hydrogens (tertiary/aromatic N) is 4. The van der Waals surface area contributed by atoms with Gasteiger partial charge >= 0.3 is 0 Å². The molecule has 0 saturated heterocycles. The Kier molecular flexibility index (Phi) is 3.31. The summed E-state index contributed by atoms with van der Waals surface area (Å²) in [5.74, 6) is 0.875. The van der Waals surface area contributed by atoms with Crippen LogP contribution in [0.25, 0.3) is 16.7 Å². The third-order valence-electron chi connectivity index (χ3n) is 2.97. The fraction of sp³-hybridized carbons (Fsp3) is 0.0714. The van der Waals surface area contributed by atoms with Gasteiger partial charge in [-0.05, 0) is 24.3 Å². The number of nitriles is 1. The highest BCUT2D eigenvalue weighted by atomic mass is 35.5. The molecule has 0 saturated carbocycles. The maximum absolute atomic E-state index is 9.27. The lowest BCUT2D eigenvalue weighted by molar-refractivity contribution is 0.978. The van der Waals surface area contributed by atoms with Gasteiger partial charge in [-0.3, -0.25) is 9.55 Å². The van der Waals surface area contributed by atoms with Gasteiger partial charge in [0.25, 0.3) is 0 Å². The number of fused-ring (bicyclic) bond motifs is 1. The summed E-state index contributed by atoms with van der Waals surface area (Å²) in [6.07, 6.45) is 3.34. The van der Waals surface area contributed by atoms with Crippen molar-refractivity contribution < 1.29 is 0 Å². The van der Waals surface area contributed by atoms with Gasteiger partial charge in [0.1, 0.15) is 17.4 Å². The molecule has 0 aliphatic heterocycles. The van der Waals surface area contributed by atoms with Crippen molar-refractivity contribution in [1.82, 2.24) is 14.5 Å². The summed E-state index contributed by atoms with van der Waals surface area (Å²) in [6, 6.07) is 9.10. The summed E-state index contributed by atoms with van der Waals surface area (Å²) < 4.78 is 1.84. The zero-order valence-corrected chi connectivity index (χ0v) is 11.7. The third-order valence-corrected chi connectivity index (χ3v) is 3.44. The zero-order chi connectivity index (χ0) is 14.1. The zero-order valence-electron chi connectivity index (χ0n) is 10.2. The molecule has 3 rings (SSSR count). The molecule has 0 radical (unpaired) electrons. The number of hydrogen-bond donors (Lipinski definition) is 0. The molecular formula is C14H8Cl2N4. The minimum Gasteiger partial charge on any atom is -0.294 e. The number of hydrogen-bond acceptors (Lipinski definition) is 3. The predicted octanol–water partition coefficient (Wildman–Crippen LogP) is 3.68. The first-order valence-corrected chi connectivity index (χ1v) is 6.73. The van der Waals surface area contributed by atoms with Gasteiger partial charge in [0.2, 0.25) is 0 Å². The van der Waals surface area contributed by atoms with Crippen LogP contribution in [0.1, 0.15) is 11.4 Å². The monoisotopic (exact) mass is 302 g/mol. The molecule has 0 fully saturated rings. The molecule has 20 heavy (non-hydrogen) atoms. The smallest absolute Gasteiger partial charge is 0.129 e. The molecule has 1 aromatic carbocycles. The lowest BCUT2D eigenvalue weighted by Gasteiger charge is -2.10. The van der Waals surface area contributed by atoms with E-state index in [0.29, 0.717) is 22.1 Å². The average Bonchev–Trinajstić information content (AvgIpc) is 2.85. The van der Waals surface area contributed by atoms with E-state index < -0.39 is 0 Å². The van der Waals surface area contributed by atoms with Crippen LogP contribution in [0.5, 0.6) is 0 Å². The van der Waals surface area contributed by atoms with E-state index in [0.717, 1.165) is 11.0 Å². The summed E-state index contributed by atoms with van der Waals surface area (Å²) >= 11 is 12.0. The lowest BCUT2D eigenvalue weighted by Crippen LogP contribution is -2.02. The average molecular weight is 303 g/mol. The van der Waals surface area contributed by atoms with E-state index in [-0.39, 0.29) is 5.88 Å². The van der Waals surface area contributed by atoms with Crippen molar-refractivity contribution in [3.8, 4) is 11.8 Å². The van der Waals surface area contributed by atoms with Crippen LogP contribution >= 0.6 is 23.2 Å². The molecule has 0 bridgehead atoms. The molecule has 0 N–H and O–H groups in total. The van der Waals surface area contributed by atoms with Crippen LogP contribution in [0, 0.1) is 11.3 Å². The normalized spacial score (nSPS) is 10.7. The van der Waals surface area contributed by atoms with Crippen LogP contribution in [0.2, 0.25) is 5.02 Å². The molecule has 3 aromatic rings. The van der Waals surface area contributed by atoms with Gasteiger partial charge in [0.05, 0.1) is 28.8 Å². The SMILES string of the molecule is N#Cc1ccc(Cl)cc1-n1c(CCl)nc2cnccc21. The first-order chi connectivity index (χ1) is 9.74. The largest absolute Gasteiger partial charge is 0.294 e. The van der Waals surface area contributed by atoms with E-state index in [4.69, 9.17) is 23.2 Å². The van der Waals surface area contributed by atoms with Gasteiger partial charge in [-0.2, -0.15) is 5.26 Å². The Labute approximate surface area is 125 Å². The number of alkyl halides is 1. The van der Waals surface area contributed by atoms with E-state index in [1.165, 1.54) is 0 Å². The van der Waals surface area contributed by atoms with Gasteiger partial charge in [0.15, 0.2) is 0 Å². The first-order valence-electron chi connectivity index (χ1n) is 5.82. The molecule has 0 amide bonds. The van der Waals surface area contributed by atoms with Gasteiger partial charge in [-0.1, -0.05) is 11.6 Å². The molecule has 4 nitrogen and oxygen atoms in total. The molecule has 98 valence electrons. The fourth-order valence-electron chi connectivity index (χ4n) is 2.12. The Morgan fingerprint density at radius 1 is 1.30 bits per heavy atom. The topological polar surface area (TPSA) is 54.5 Å². The first kappa shape index (κ1) is 12.9. The summed E-state index contributed by atoms with van der Waals surface area (Å²) in [5, 5.41) is 9.82. The number of imidazole rings is 1. The van der Waals surface area contributed by atoms with Crippen LogP contribution in [0.15, 0.2) is 36.7 Å². The molecular weight excluding hydrogens is 295 g/mol. The Morgan fingerprint density at radius 3 is 2.90 bits per heavy atom. The maximum Gasteiger partial charge on any atom is 0.129 e. The highest BCUT2D eigenvalue weighted by Crippen LogP contribution is 2.26. The molecule has 0 atom stereocenters. The molecule has 0 spiro atoms. The van der Waals surface area contributed by atoms with Crippen molar-refractivity contribution in [3.63, 3.8) is 0 Å². The van der Waals surface area contributed by atoms with Crippen molar-refractivity contribution in [2.75, 3.05) is 0 Å². The van der Waals surface area contributed by atoms with Gasteiger partial charge < -0.3 is 0 Å². The molecule has 0 aliphatic carbocycles. The van der Waals surface area contributed by atoms with Crippen LogP contribution < -0.4 is 0 Å². The number of pyridine rings is 1. The summed E-state index contributed by atoms with van der Waals surface area (Å²) in [4.78, 5) is 8.47. The van der Waals surface area contributed by atoms with Crippen molar-refractivity contribution in [3.05, 3.63) is 53.1 Å². The molecule has 2 heterocycles. The second-order valence-corrected chi connectivity index (χ2v) is 4.84. The predicted molar refractivity (Wildman–Crippen MR) is 78.1 cm³/mol. The fourth-order valence-corrected chi connectivity index (χ4v) is 2.47. The molecule has 0 aliphatic rings. The minimum atomic E-state index is 0.228. The standard InChI is InChI=1S/C14H8Cl2N4/c15-6-14-19-11-8-18-4-3-12(11)20(14)13-5-10(16)2-1-9(13)7-17/h1-5,8H,6H2. The summed E-state index contributed by atoms with van der Waals surface area (Å²) in [6.45, 7) is 0. The van der Waals surface area contributed by atoms with Crippen LogP contribution in [-0.4, -0.2) is 14.5 Å². The summed E-state index contributed by atoms with van der Waals surface area (Å²) in [5.41, 5.74) is 2.75.